The first-order valence-corrected chi connectivity index (χ1v) is 11.2. The molecule has 148 valence electrons. The SMILES string of the molecule is CCCS(=O)(=O)NC[C@H](O)CN1CCC(Oc2ccc(Cl)c(Cl)c2)CC1. The van der Waals surface area contributed by atoms with Crippen molar-refractivity contribution in [2.24, 2.45) is 0 Å². The Morgan fingerprint density at radius 1 is 1.31 bits per heavy atom. The number of aliphatic hydroxyl groups excluding tert-OH is 1. The van der Waals surface area contributed by atoms with Gasteiger partial charge in [0.2, 0.25) is 10.0 Å². The topological polar surface area (TPSA) is 78.9 Å². The van der Waals surface area contributed by atoms with Crippen molar-refractivity contribution < 1.29 is 18.3 Å². The number of nitrogens with one attached hydrogen (secondary N) is 1. The summed E-state index contributed by atoms with van der Waals surface area (Å²) in [7, 11) is -3.29. The van der Waals surface area contributed by atoms with Gasteiger partial charge >= 0.3 is 0 Å². The third-order valence-electron chi connectivity index (χ3n) is 4.21. The number of hydrogen-bond acceptors (Lipinski definition) is 5. The predicted molar refractivity (Wildman–Crippen MR) is 105 cm³/mol. The summed E-state index contributed by atoms with van der Waals surface area (Å²) in [5.74, 6) is 0.778. The van der Waals surface area contributed by atoms with Gasteiger partial charge in [0.05, 0.1) is 21.9 Å². The molecule has 1 heterocycles. The van der Waals surface area contributed by atoms with Crippen LogP contribution in [0.3, 0.4) is 0 Å². The molecule has 2 N–H and O–H groups in total. The lowest BCUT2D eigenvalue weighted by molar-refractivity contribution is 0.0630. The third kappa shape index (κ3) is 7.21. The molecular formula is C17H26Cl2N2O4S. The van der Waals surface area contributed by atoms with Gasteiger partial charge in [-0.3, -0.25) is 0 Å². The monoisotopic (exact) mass is 424 g/mol. The Morgan fingerprint density at radius 3 is 2.62 bits per heavy atom. The fourth-order valence-corrected chi connectivity index (χ4v) is 4.30. The van der Waals surface area contributed by atoms with Crippen LogP contribution in [0.2, 0.25) is 10.0 Å². The standard InChI is InChI=1S/C17H26Cl2N2O4S/c1-2-9-26(23,24)20-11-13(22)12-21-7-5-14(6-8-21)25-15-3-4-16(18)17(19)10-15/h3-4,10,13-14,20,22H,2,5-9,11-12H2,1H3/t13-/m0/s1. The molecule has 0 aromatic heterocycles. The molecule has 2 rings (SSSR count). The first kappa shape index (κ1) is 21.7. The van der Waals surface area contributed by atoms with Crippen molar-refractivity contribution in [2.45, 2.75) is 38.4 Å². The molecule has 0 amide bonds. The summed E-state index contributed by atoms with van der Waals surface area (Å²) in [5, 5.41) is 11.0. The Bertz CT molecular complexity index is 679. The van der Waals surface area contributed by atoms with Gasteiger partial charge < -0.3 is 14.7 Å². The van der Waals surface area contributed by atoms with E-state index >= 15 is 0 Å². The number of piperidine rings is 1. The van der Waals surface area contributed by atoms with Crippen LogP contribution in [0.4, 0.5) is 0 Å². The third-order valence-corrected chi connectivity index (χ3v) is 6.50. The molecule has 0 spiro atoms. The van der Waals surface area contributed by atoms with Crippen molar-refractivity contribution in [1.29, 1.82) is 0 Å². The predicted octanol–water partition coefficient (Wildman–Crippen LogP) is 2.53. The fourth-order valence-electron chi connectivity index (χ4n) is 2.88. The highest BCUT2D eigenvalue weighted by molar-refractivity contribution is 7.89. The average Bonchev–Trinajstić information content (AvgIpc) is 2.58. The molecule has 1 aromatic rings. The van der Waals surface area contributed by atoms with Crippen LogP contribution in [-0.2, 0) is 10.0 Å². The minimum Gasteiger partial charge on any atom is -0.490 e. The molecule has 26 heavy (non-hydrogen) atoms. The Labute approximate surface area is 165 Å². The zero-order chi connectivity index (χ0) is 19.2. The highest BCUT2D eigenvalue weighted by Gasteiger charge is 2.23. The Kier molecular flexibility index (Phi) is 8.44. The molecule has 0 saturated carbocycles. The van der Waals surface area contributed by atoms with Gasteiger partial charge in [0.1, 0.15) is 11.9 Å². The van der Waals surface area contributed by atoms with Crippen LogP contribution in [0.5, 0.6) is 5.75 Å². The van der Waals surface area contributed by atoms with Crippen molar-refractivity contribution in [2.75, 3.05) is 31.9 Å². The maximum Gasteiger partial charge on any atom is 0.211 e. The van der Waals surface area contributed by atoms with E-state index in [4.69, 9.17) is 27.9 Å². The van der Waals surface area contributed by atoms with Gasteiger partial charge in [-0.1, -0.05) is 30.1 Å². The van der Waals surface area contributed by atoms with Crippen LogP contribution in [-0.4, -0.2) is 62.6 Å². The normalized spacial score (nSPS) is 18.0. The molecule has 1 aliphatic rings. The summed E-state index contributed by atoms with van der Waals surface area (Å²) in [6.07, 6.45) is 1.57. The fraction of sp³-hybridized carbons (Fsp3) is 0.647. The number of β-amino-alcohol motifs (C(OH)–C–C–N with tert-alkyl or cyclic N) is 1. The lowest BCUT2D eigenvalue weighted by Gasteiger charge is -2.33. The Hall–Kier alpha value is -0.570. The largest absolute Gasteiger partial charge is 0.490 e. The zero-order valence-corrected chi connectivity index (χ0v) is 17.2. The van der Waals surface area contributed by atoms with E-state index < -0.39 is 16.1 Å². The lowest BCUT2D eigenvalue weighted by atomic mass is 10.1. The summed E-state index contributed by atoms with van der Waals surface area (Å²) >= 11 is 11.9. The van der Waals surface area contributed by atoms with Gasteiger partial charge in [-0.25, -0.2) is 13.1 Å². The van der Waals surface area contributed by atoms with Gasteiger partial charge in [-0.15, -0.1) is 0 Å². The first-order chi connectivity index (χ1) is 12.3. The quantitative estimate of drug-likeness (QED) is 0.636. The zero-order valence-electron chi connectivity index (χ0n) is 14.8. The van der Waals surface area contributed by atoms with E-state index in [1.165, 1.54) is 0 Å². The van der Waals surface area contributed by atoms with E-state index in [0.717, 1.165) is 25.9 Å². The molecule has 1 saturated heterocycles. The van der Waals surface area contributed by atoms with Gasteiger partial charge in [0.15, 0.2) is 0 Å². The summed E-state index contributed by atoms with van der Waals surface area (Å²) in [6, 6.07) is 5.22. The van der Waals surface area contributed by atoms with Crippen molar-refractivity contribution >= 4 is 33.2 Å². The van der Waals surface area contributed by atoms with E-state index in [1.54, 1.807) is 25.1 Å². The number of likely N-dealkylation sites (tertiary alicyclic amines) is 1. The molecule has 1 aliphatic heterocycles. The maximum atomic E-state index is 11.6. The molecule has 0 aliphatic carbocycles. The van der Waals surface area contributed by atoms with Crippen molar-refractivity contribution in [3.8, 4) is 5.75 Å². The maximum absolute atomic E-state index is 11.6. The highest BCUT2D eigenvalue weighted by Crippen LogP contribution is 2.28. The second-order valence-electron chi connectivity index (χ2n) is 6.51. The van der Waals surface area contributed by atoms with Crippen LogP contribution in [0.1, 0.15) is 26.2 Å². The van der Waals surface area contributed by atoms with Crippen LogP contribution in [0.25, 0.3) is 0 Å². The summed E-state index contributed by atoms with van der Waals surface area (Å²) < 4.78 is 31.6. The molecule has 0 radical (unpaired) electrons. The minimum atomic E-state index is -3.29. The second kappa shape index (κ2) is 10.1. The van der Waals surface area contributed by atoms with E-state index in [-0.39, 0.29) is 18.4 Å². The van der Waals surface area contributed by atoms with E-state index in [1.807, 2.05) is 0 Å². The van der Waals surface area contributed by atoms with E-state index in [9.17, 15) is 13.5 Å². The van der Waals surface area contributed by atoms with Crippen molar-refractivity contribution in [1.82, 2.24) is 9.62 Å². The number of rotatable bonds is 9. The van der Waals surface area contributed by atoms with Gasteiger partial charge in [-0.05, 0) is 31.4 Å². The molecule has 1 fully saturated rings. The van der Waals surface area contributed by atoms with Crippen LogP contribution in [0.15, 0.2) is 18.2 Å². The molecule has 1 atom stereocenters. The molecule has 0 bridgehead atoms. The van der Waals surface area contributed by atoms with Gasteiger partial charge in [0.25, 0.3) is 0 Å². The number of hydrogen-bond donors (Lipinski definition) is 2. The lowest BCUT2D eigenvalue weighted by Crippen LogP contribution is -2.45. The minimum absolute atomic E-state index is 0.0437. The van der Waals surface area contributed by atoms with Crippen LogP contribution >= 0.6 is 23.2 Å². The van der Waals surface area contributed by atoms with E-state index in [2.05, 4.69) is 9.62 Å². The van der Waals surface area contributed by atoms with Crippen molar-refractivity contribution in [3.63, 3.8) is 0 Å². The number of halogens is 2. The molecular weight excluding hydrogens is 399 g/mol. The summed E-state index contributed by atoms with van der Waals surface area (Å²) in [5.41, 5.74) is 0. The molecule has 0 unspecified atom stereocenters. The Morgan fingerprint density at radius 2 is 2.00 bits per heavy atom. The van der Waals surface area contributed by atoms with Crippen LogP contribution < -0.4 is 9.46 Å². The molecule has 1 aromatic carbocycles. The smallest absolute Gasteiger partial charge is 0.211 e. The number of sulfonamides is 1. The Balaban J connectivity index is 1.71. The molecule has 6 nitrogen and oxygen atoms in total. The van der Waals surface area contributed by atoms with E-state index in [0.29, 0.717) is 28.8 Å². The molecule has 9 heteroatoms. The number of aliphatic hydroxyl groups is 1. The number of benzene rings is 1. The summed E-state index contributed by atoms with van der Waals surface area (Å²) in [6.45, 7) is 3.85. The van der Waals surface area contributed by atoms with Gasteiger partial charge in [0, 0.05) is 32.2 Å². The van der Waals surface area contributed by atoms with Crippen molar-refractivity contribution in [3.05, 3.63) is 28.2 Å². The van der Waals surface area contributed by atoms with Crippen LogP contribution in [0, 0.1) is 0 Å². The second-order valence-corrected chi connectivity index (χ2v) is 9.26. The number of ether oxygens (including phenoxy) is 1. The first-order valence-electron chi connectivity index (χ1n) is 8.78. The summed E-state index contributed by atoms with van der Waals surface area (Å²) in [4.78, 5) is 2.12. The average molecular weight is 425 g/mol. The highest BCUT2D eigenvalue weighted by atomic mass is 35.5. The number of nitrogens with zero attached hydrogens (tertiary/aromatic N) is 1. The van der Waals surface area contributed by atoms with Gasteiger partial charge in [-0.2, -0.15) is 0 Å².